The van der Waals surface area contributed by atoms with Gasteiger partial charge in [-0.2, -0.15) is 4.99 Å². The molecule has 3 amide bonds. The molecule has 2 heterocycles. The van der Waals surface area contributed by atoms with E-state index in [1.807, 2.05) is 0 Å². The number of hydrogen-bond acceptors (Lipinski definition) is 5. The van der Waals surface area contributed by atoms with Crippen LogP contribution >= 0.6 is 23.4 Å². The fourth-order valence-electron chi connectivity index (χ4n) is 2.25. The number of nitrogens with zero attached hydrogens (tertiary/aromatic N) is 2. The van der Waals surface area contributed by atoms with E-state index in [4.69, 9.17) is 11.6 Å². The van der Waals surface area contributed by atoms with Crippen LogP contribution in [-0.4, -0.2) is 33.6 Å². The molecule has 1 aromatic carbocycles. The largest absolute Gasteiger partial charge is 0.310 e. The number of carbonyl (C=O) groups excluding carboxylic acids is 3. The summed E-state index contributed by atoms with van der Waals surface area (Å²) in [6.45, 7) is 0. The number of anilines is 1. The number of carbonyl (C=O) groups is 3. The number of thioether (sulfide) groups is 1. The zero-order chi connectivity index (χ0) is 18.5. The maximum absolute atomic E-state index is 12.2. The Labute approximate surface area is 158 Å². The van der Waals surface area contributed by atoms with Gasteiger partial charge in [0.15, 0.2) is 5.17 Å². The number of rotatable bonds is 4. The Bertz CT molecular complexity index is 871. The molecule has 1 aliphatic rings. The lowest BCUT2D eigenvalue weighted by Gasteiger charge is -2.19. The molecule has 3 rings (SSSR count). The van der Waals surface area contributed by atoms with Crippen molar-refractivity contribution in [3.63, 3.8) is 0 Å². The normalized spacial score (nSPS) is 16.7. The Morgan fingerprint density at radius 1 is 1.19 bits per heavy atom. The van der Waals surface area contributed by atoms with Gasteiger partial charge >= 0.3 is 0 Å². The number of aliphatic imine (C=N–C) groups is 1. The van der Waals surface area contributed by atoms with E-state index in [9.17, 15) is 14.4 Å². The SMILES string of the molecule is O=C(CSC1=NC(=O)C(c2ccccc2)C(=O)N1)Nc1ccc(Cl)cn1. The molecule has 0 radical (unpaired) electrons. The average molecular weight is 389 g/mol. The van der Waals surface area contributed by atoms with E-state index in [2.05, 4.69) is 20.6 Å². The molecule has 132 valence electrons. The van der Waals surface area contributed by atoms with Gasteiger partial charge in [0, 0.05) is 6.20 Å². The third-order valence-electron chi connectivity index (χ3n) is 3.42. The van der Waals surface area contributed by atoms with E-state index in [0.29, 0.717) is 16.4 Å². The molecule has 7 nitrogen and oxygen atoms in total. The Kier molecular flexibility index (Phi) is 5.65. The van der Waals surface area contributed by atoms with Gasteiger partial charge in [-0.15, -0.1) is 0 Å². The lowest BCUT2D eigenvalue weighted by molar-refractivity contribution is -0.129. The summed E-state index contributed by atoms with van der Waals surface area (Å²) >= 11 is 6.69. The van der Waals surface area contributed by atoms with Crippen molar-refractivity contribution in [3.8, 4) is 0 Å². The van der Waals surface area contributed by atoms with Crippen molar-refractivity contribution in [1.29, 1.82) is 0 Å². The predicted molar refractivity (Wildman–Crippen MR) is 100 cm³/mol. The van der Waals surface area contributed by atoms with E-state index >= 15 is 0 Å². The Hall–Kier alpha value is -2.71. The molecule has 0 saturated carbocycles. The van der Waals surface area contributed by atoms with Crippen molar-refractivity contribution < 1.29 is 14.4 Å². The van der Waals surface area contributed by atoms with Gasteiger partial charge in [0.25, 0.3) is 5.91 Å². The van der Waals surface area contributed by atoms with Crippen molar-refractivity contribution in [2.45, 2.75) is 5.92 Å². The van der Waals surface area contributed by atoms with Crippen LogP contribution in [0.4, 0.5) is 5.82 Å². The van der Waals surface area contributed by atoms with E-state index in [1.54, 1.807) is 42.5 Å². The first-order chi connectivity index (χ1) is 12.5. The molecule has 1 unspecified atom stereocenters. The van der Waals surface area contributed by atoms with Gasteiger partial charge in [-0.25, -0.2) is 4.98 Å². The molecule has 1 atom stereocenters. The van der Waals surface area contributed by atoms with Crippen LogP contribution in [0.5, 0.6) is 0 Å². The molecule has 0 fully saturated rings. The lowest BCUT2D eigenvalue weighted by atomic mass is 9.97. The second-order valence-corrected chi connectivity index (χ2v) is 6.69. The summed E-state index contributed by atoms with van der Waals surface area (Å²) < 4.78 is 0. The highest BCUT2D eigenvalue weighted by atomic mass is 35.5. The van der Waals surface area contributed by atoms with Crippen molar-refractivity contribution in [2.75, 3.05) is 11.1 Å². The first kappa shape index (κ1) is 18.1. The Balaban J connectivity index is 1.59. The molecule has 0 aliphatic carbocycles. The highest BCUT2D eigenvalue weighted by Crippen LogP contribution is 2.22. The van der Waals surface area contributed by atoms with E-state index in [-0.39, 0.29) is 16.8 Å². The van der Waals surface area contributed by atoms with Gasteiger partial charge in [0.1, 0.15) is 11.7 Å². The van der Waals surface area contributed by atoms with Crippen LogP contribution in [0.15, 0.2) is 53.7 Å². The topological polar surface area (TPSA) is 101 Å². The molecular formula is C17H13ClN4O3S. The van der Waals surface area contributed by atoms with Crippen LogP contribution in [-0.2, 0) is 14.4 Å². The molecule has 2 aromatic rings. The smallest absolute Gasteiger partial charge is 0.265 e. The standard InChI is InChI=1S/C17H13ClN4O3S/c18-11-6-7-12(19-8-11)20-13(23)9-26-17-21-15(24)14(16(25)22-17)10-4-2-1-3-5-10/h1-8,14H,9H2,(H,19,20,23)(H,21,22,24,25). The molecule has 0 spiro atoms. The zero-order valence-electron chi connectivity index (χ0n) is 13.3. The maximum Gasteiger partial charge on any atom is 0.265 e. The molecule has 2 N–H and O–H groups in total. The predicted octanol–water partition coefficient (Wildman–Crippen LogP) is 2.20. The summed E-state index contributed by atoms with van der Waals surface area (Å²) in [7, 11) is 0. The van der Waals surface area contributed by atoms with Crippen LogP contribution in [0.2, 0.25) is 5.02 Å². The van der Waals surface area contributed by atoms with Gasteiger partial charge in [0.2, 0.25) is 11.8 Å². The van der Waals surface area contributed by atoms with E-state index in [0.717, 1.165) is 11.8 Å². The summed E-state index contributed by atoms with van der Waals surface area (Å²) in [5, 5.41) is 5.71. The van der Waals surface area contributed by atoms with Gasteiger partial charge in [-0.05, 0) is 17.7 Å². The van der Waals surface area contributed by atoms with Crippen molar-refractivity contribution >= 4 is 52.1 Å². The van der Waals surface area contributed by atoms with Crippen molar-refractivity contribution in [2.24, 2.45) is 4.99 Å². The number of hydrogen-bond donors (Lipinski definition) is 2. The Morgan fingerprint density at radius 2 is 1.96 bits per heavy atom. The number of pyridine rings is 1. The molecular weight excluding hydrogens is 376 g/mol. The molecule has 1 aromatic heterocycles. The van der Waals surface area contributed by atoms with Crippen LogP contribution in [0.3, 0.4) is 0 Å². The van der Waals surface area contributed by atoms with Crippen LogP contribution < -0.4 is 10.6 Å². The first-order valence-electron chi connectivity index (χ1n) is 7.55. The summed E-state index contributed by atoms with van der Waals surface area (Å²) in [5.74, 6) is -2.00. The van der Waals surface area contributed by atoms with Crippen molar-refractivity contribution in [1.82, 2.24) is 10.3 Å². The van der Waals surface area contributed by atoms with Gasteiger partial charge in [0.05, 0.1) is 10.8 Å². The minimum atomic E-state index is -0.965. The Morgan fingerprint density at radius 3 is 2.62 bits per heavy atom. The molecule has 0 saturated heterocycles. The average Bonchev–Trinajstić information content (AvgIpc) is 2.62. The third kappa shape index (κ3) is 4.47. The lowest BCUT2D eigenvalue weighted by Crippen LogP contribution is -2.41. The fraction of sp³-hybridized carbons (Fsp3) is 0.118. The van der Waals surface area contributed by atoms with Crippen molar-refractivity contribution in [3.05, 3.63) is 59.2 Å². The summed E-state index contributed by atoms with van der Waals surface area (Å²) in [5.41, 5.74) is 0.578. The zero-order valence-corrected chi connectivity index (χ0v) is 14.9. The number of benzene rings is 1. The van der Waals surface area contributed by atoms with Crippen LogP contribution in [0, 0.1) is 0 Å². The number of amidine groups is 1. The van der Waals surface area contributed by atoms with E-state index < -0.39 is 17.7 Å². The second-order valence-electron chi connectivity index (χ2n) is 5.29. The first-order valence-corrected chi connectivity index (χ1v) is 8.92. The number of aromatic nitrogens is 1. The number of amides is 3. The highest BCUT2D eigenvalue weighted by molar-refractivity contribution is 8.14. The fourth-order valence-corrected chi connectivity index (χ4v) is 3.03. The summed E-state index contributed by atoms with van der Waals surface area (Å²) in [4.78, 5) is 44.2. The van der Waals surface area contributed by atoms with Crippen LogP contribution in [0.1, 0.15) is 11.5 Å². The quantitative estimate of drug-likeness (QED) is 0.782. The summed E-state index contributed by atoms with van der Waals surface area (Å²) in [6.07, 6.45) is 1.41. The minimum Gasteiger partial charge on any atom is -0.310 e. The maximum atomic E-state index is 12.2. The molecule has 26 heavy (non-hydrogen) atoms. The minimum absolute atomic E-state index is 0.0350. The third-order valence-corrected chi connectivity index (χ3v) is 4.52. The molecule has 1 aliphatic heterocycles. The monoisotopic (exact) mass is 388 g/mol. The van der Waals surface area contributed by atoms with Crippen LogP contribution in [0.25, 0.3) is 0 Å². The number of halogens is 1. The molecule has 9 heteroatoms. The van der Waals surface area contributed by atoms with Gasteiger partial charge in [-0.3, -0.25) is 14.4 Å². The van der Waals surface area contributed by atoms with Gasteiger partial charge < -0.3 is 10.6 Å². The van der Waals surface area contributed by atoms with E-state index in [1.165, 1.54) is 6.20 Å². The highest BCUT2D eigenvalue weighted by Gasteiger charge is 2.33. The summed E-state index contributed by atoms with van der Waals surface area (Å²) in [6, 6.07) is 11.9. The molecule has 0 bridgehead atoms. The second kappa shape index (κ2) is 8.11. The number of nitrogens with one attached hydrogen (secondary N) is 2. The van der Waals surface area contributed by atoms with Gasteiger partial charge in [-0.1, -0.05) is 53.7 Å².